The fourth-order valence-corrected chi connectivity index (χ4v) is 5.17. The van der Waals surface area contributed by atoms with Gasteiger partial charge in [-0.2, -0.15) is 0 Å². The molecule has 3 heterocycles. The molecule has 0 unspecified atom stereocenters. The summed E-state index contributed by atoms with van der Waals surface area (Å²) in [4.78, 5) is 36.0. The number of carbonyl (C=O) groups is 2. The molecule has 15 nitrogen and oxygen atoms in total. The van der Waals surface area contributed by atoms with Gasteiger partial charge in [-0.1, -0.05) is 18.9 Å². The van der Waals surface area contributed by atoms with Gasteiger partial charge in [-0.25, -0.2) is 19.6 Å². The Balaban J connectivity index is 1.51. The first-order valence-electron chi connectivity index (χ1n) is 16.8. The second-order valence-electron chi connectivity index (χ2n) is 11.4. The van der Waals surface area contributed by atoms with E-state index in [9.17, 15) is 19.8 Å². The topological polar surface area (TPSA) is 194 Å². The predicted octanol–water partition coefficient (Wildman–Crippen LogP) is 2.06. The molecule has 0 bridgehead atoms. The molecule has 0 amide bonds. The first kappa shape index (κ1) is 40.1. The lowest BCUT2D eigenvalue weighted by molar-refractivity contribution is 0.00597. The Morgan fingerprint density at radius 3 is 1.82 bits per heavy atom. The van der Waals surface area contributed by atoms with E-state index in [2.05, 4.69) is 30.4 Å². The van der Waals surface area contributed by atoms with E-state index in [-0.39, 0.29) is 11.4 Å². The van der Waals surface area contributed by atoms with Gasteiger partial charge < -0.3 is 45.5 Å². The molecule has 2 aromatic heterocycles. The van der Waals surface area contributed by atoms with Crippen LogP contribution in [0, 0.1) is 0 Å². The fraction of sp³-hybridized carbons (Fsp3) is 0.606. The maximum absolute atomic E-state index is 11.9. The van der Waals surface area contributed by atoms with E-state index in [0.717, 1.165) is 25.7 Å². The van der Waals surface area contributed by atoms with E-state index in [1.165, 1.54) is 12.1 Å². The third-order valence-electron chi connectivity index (χ3n) is 7.52. The Morgan fingerprint density at radius 2 is 1.27 bits per heavy atom. The molecule has 0 spiro atoms. The number of carboxylic acid groups (broad SMARTS) is 2. The normalized spacial score (nSPS) is 16.7. The van der Waals surface area contributed by atoms with Crippen LogP contribution < -0.4 is 16.4 Å². The summed E-state index contributed by atoms with van der Waals surface area (Å²) in [5, 5.41) is 25.7. The van der Waals surface area contributed by atoms with Gasteiger partial charge in [-0.15, -0.1) is 0 Å². The molecule has 0 aromatic carbocycles. The van der Waals surface area contributed by atoms with Crippen LogP contribution in [0.5, 0.6) is 0 Å². The lowest BCUT2D eigenvalue weighted by Gasteiger charge is -2.23. The van der Waals surface area contributed by atoms with Crippen LogP contribution in [0.15, 0.2) is 30.3 Å². The van der Waals surface area contributed by atoms with Gasteiger partial charge in [0.2, 0.25) is 0 Å². The molecule has 1 aliphatic rings. The number of unbranched alkanes of at least 4 members (excludes halogenated alkanes) is 3. The van der Waals surface area contributed by atoms with Crippen LogP contribution in [0.1, 0.15) is 58.0 Å². The number of rotatable bonds is 13. The molecule has 1 aliphatic heterocycles. The van der Waals surface area contributed by atoms with Crippen LogP contribution in [-0.4, -0.2) is 139 Å². The maximum atomic E-state index is 11.9. The highest BCUT2D eigenvalue weighted by atomic mass is 32.1. The first-order valence-corrected chi connectivity index (χ1v) is 17.2. The third kappa shape index (κ3) is 17.2. The number of hydrogen-bond donors (Lipinski definition) is 5. The van der Waals surface area contributed by atoms with E-state index >= 15 is 0 Å². The zero-order valence-electron chi connectivity index (χ0n) is 28.1. The molecule has 0 radical (unpaired) electrons. The molecule has 272 valence electrons. The molecule has 0 aliphatic carbocycles. The zero-order valence-corrected chi connectivity index (χ0v) is 29.0. The van der Waals surface area contributed by atoms with Gasteiger partial charge in [0.05, 0.1) is 64.2 Å². The minimum Gasteiger partial charge on any atom is -0.477 e. The van der Waals surface area contributed by atoms with Gasteiger partial charge in [-0.05, 0) is 55.9 Å². The lowest BCUT2D eigenvalue weighted by atomic mass is 10.2. The molecule has 6 N–H and O–H groups in total. The number of nitrogens with zero attached hydrogens (tertiary/aromatic N) is 4. The van der Waals surface area contributed by atoms with Gasteiger partial charge in [0, 0.05) is 51.5 Å². The van der Waals surface area contributed by atoms with Crippen LogP contribution in [-0.2, 0) is 32.0 Å². The molecule has 49 heavy (non-hydrogen) atoms. The number of anilines is 1. The summed E-state index contributed by atoms with van der Waals surface area (Å²) in [7, 11) is 0. The van der Waals surface area contributed by atoms with Gasteiger partial charge in [0.15, 0.2) is 10.8 Å². The van der Waals surface area contributed by atoms with Crippen molar-refractivity contribution in [2.24, 2.45) is 5.73 Å². The number of ether oxygens (including phenoxy) is 4. The quantitative estimate of drug-likeness (QED) is 0.150. The number of aromatic carboxylic acids is 2. The molecular formula is C33H51N7O8S. The minimum absolute atomic E-state index is 0.0135. The fourth-order valence-electron chi connectivity index (χ4n) is 4.95. The van der Waals surface area contributed by atoms with Crippen molar-refractivity contribution in [3.63, 3.8) is 0 Å². The van der Waals surface area contributed by atoms with Crippen LogP contribution >= 0.6 is 12.2 Å². The Hall–Kier alpha value is -3.35. The lowest BCUT2D eigenvalue weighted by Crippen LogP contribution is -2.33. The van der Waals surface area contributed by atoms with Gasteiger partial charge >= 0.3 is 11.9 Å². The molecular weight excluding hydrogens is 654 g/mol. The summed E-state index contributed by atoms with van der Waals surface area (Å²) in [5.74, 6) is -2.18. The molecule has 2 aromatic rings. The smallest absolute Gasteiger partial charge is 0.354 e. The predicted molar refractivity (Wildman–Crippen MR) is 188 cm³/mol. The SMILES string of the molecule is NCCCCCCNC(=S)Nc1cc(CN2CCOCCOCCN(Cc3cccc(C(=O)O)n3)CCOCCOCC2)nc(C(=O)O)c1. The van der Waals surface area contributed by atoms with E-state index in [1.807, 2.05) is 0 Å². The standard InChI is InChI=1S/C33H51N7O8S/c34-8-3-1-2-4-9-35-33(49)38-27-22-28(37-30(23-27)32(43)44)25-40-12-16-47-20-18-45-14-10-39(11-15-46-19-21-48-17-13-40)24-26-6-5-7-29(36-26)31(41)42/h5-7,22-23H,1-4,8-21,24-25,34H2,(H,41,42)(H,43,44)(H2,35,37,38,49). The van der Waals surface area contributed by atoms with Crippen LogP contribution in [0.2, 0.25) is 0 Å². The highest BCUT2D eigenvalue weighted by molar-refractivity contribution is 7.80. The van der Waals surface area contributed by atoms with Crippen molar-refractivity contribution in [3.05, 3.63) is 53.1 Å². The van der Waals surface area contributed by atoms with Crippen LogP contribution in [0.4, 0.5) is 5.69 Å². The molecule has 0 atom stereocenters. The van der Waals surface area contributed by atoms with E-state index in [4.69, 9.17) is 36.9 Å². The highest BCUT2D eigenvalue weighted by Gasteiger charge is 2.15. The van der Waals surface area contributed by atoms with Gasteiger partial charge in [0.25, 0.3) is 0 Å². The number of carboxylic acids is 2. The number of thiocarbonyl (C=S) groups is 1. The van der Waals surface area contributed by atoms with Crippen molar-refractivity contribution < 1.29 is 38.7 Å². The largest absolute Gasteiger partial charge is 0.477 e. The summed E-state index contributed by atoms with van der Waals surface area (Å²) in [5.41, 5.74) is 7.28. The second-order valence-corrected chi connectivity index (χ2v) is 11.9. The van der Waals surface area contributed by atoms with Gasteiger partial charge in [-0.3, -0.25) is 9.80 Å². The van der Waals surface area contributed by atoms with Crippen molar-refractivity contribution in [2.75, 3.05) is 97.4 Å². The van der Waals surface area contributed by atoms with E-state index in [1.54, 1.807) is 18.2 Å². The molecule has 1 fully saturated rings. The molecule has 3 rings (SSSR count). The first-order chi connectivity index (χ1) is 23.8. The zero-order chi connectivity index (χ0) is 35.1. The summed E-state index contributed by atoms with van der Waals surface area (Å²) >= 11 is 5.44. The van der Waals surface area contributed by atoms with Crippen molar-refractivity contribution >= 4 is 35.0 Å². The number of nitrogens with one attached hydrogen (secondary N) is 2. The summed E-state index contributed by atoms with van der Waals surface area (Å²) in [6.45, 7) is 8.09. The Bertz CT molecular complexity index is 1270. The third-order valence-corrected chi connectivity index (χ3v) is 7.77. The second kappa shape index (κ2) is 23.9. The van der Waals surface area contributed by atoms with Crippen molar-refractivity contribution in [1.82, 2.24) is 25.1 Å². The molecule has 16 heteroatoms. The number of hydrogen-bond acceptors (Lipinski definition) is 12. The maximum Gasteiger partial charge on any atom is 0.354 e. The average molecular weight is 706 g/mol. The van der Waals surface area contributed by atoms with Crippen LogP contribution in [0.3, 0.4) is 0 Å². The number of nitrogens with two attached hydrogens (primary N) is 1. The minimum atomic E-state index is -1.12. The Labute approximate surface area is 293 Å². The van der Waals surface area contributed by atoms with Crippen LogP contribution in [0.25, 0.3) is 0 Å². The average Bonchev–Trinajstić information content (AvgIpc) is 3.07. The summed E-state index contributed by atoms with van der Waals surface area (Å²) in [6.07, 6.45) is 4.11. The van der Waals surface area contributed by atoms with Crippen molar-refractivity contribution in [2.45, 2.75) is 38.8 Å². The van der Waals surface area contributed by atoms with Crippen molar-refractivity contribution in [1.29, 1.82) is 0 Å². The van der Waals surface area contributed by atoms with Crippen molar-refractivity contribution in [3.8, 4) is 0 Å². The summed E-state index contributed by atoms with van der Waals surface area (Å²) in [6, 6.07) is 8.25. The molecule has 1 saturated heterocycles. The highest BCUT2D eigenvalue weighted by Crippen LogP contribution is 2.14. The summed E-state index contributed by atoms with van der Waals surface area (Å²) < 4.78 is 23.3. The monoisotopic (exact) mass is 705 g/mol. The molecule has 0 saturated carbocycles. The number of pyridine rings is 2. The number of aromatic nitrogens is 2. The van der Waals surface area contributed by atoms with E-state index in [0.29, 0.717) is 127 Å². The Kier molecular flexibility index (Phi) is 19.6. The van der Waals surface area contributed by atoms with E-state index < -0.39 is 11.9 Å². The van der Waals surface area contributed by atoms with Gasteiger partial charge in [0.1, 0.15) is 5.69 Å². The Morgan fingerprint density at radius 1 is 0.735 bits per heavy atom.